The lowest BCUT2D eigenvalue weighted by molar-refractivity contribution is 0.156. The third kappa shape index (κ3) is 3.31. The number of amides is 1. The maximum absolute atomic E-state index is 11.0. The molecule has 0 N–H and O–H groups in total. The van der Waals surface area contributed by atoms with Crippen LogP contribution in [0.2, 0.25) is 0 Å². The average molecular weight is 191 g/mol. The smallest absolute Gasteiger partial charge is 0.414 e. The van der Waals surface area contributed by atoms with Crippen LogP contribution in [0.25, 0.3) is 6.08 Å². The molecule has 1 rings (SSSR count). The number of rotatable bonds is 2. The molecule has 0 aliphatic carbocycles. The van der Waals surface area contributed by atoms with Crippen molar-refractivity contribution >= 4 is 12.2 Å². The summed E-state index contributed by atoms with van der Waals surface area (Å²) in [6.07, 6.45) is 2.75. The Morgan fingerprint density at radius 2 is 1.93 bits per heavy atom. The van der Waals surface area contributed by atoms with E-state index in [1.807, 2.05) is 30.3 Å². The molecule has 0 aromatic heterocycles. The summed E-state index contributed by atoms with van der Waals surface area (Å²) in [5.41, 5.74) is 0.999. The molecule has 0 aliphatic heterocycles. The average Bonchev–Trinajstić information content (AvgIpc) is 2.19. The van der Waals surface area contributed by atoms with Crippen LogP contribution in [-0.2, 0) is 4.74 Å². The summed E-state index contributed by atoms with van der Waals surface area (Å²) >= 11 is 0. The summed E-state index contributed by atoms with van der Waals surface area (Å²) in [6, 6.07) is 9.64. The fourth-order valence-electron chi connectivity index (χ4n) is 0.840. The van der Waals surface area contributed by atoms with Gasteiger partial charge in [0.05, 0.1) is 6.26 Å². The summed E-state index contributed by atoms with van der Waals surface area (Å²) in [5, 5.41) is 0. The van der Waals surface area contributed by atoms with Crippen molar-refractivity contribution in [3.05, 3.63) is 42.2 Å². The number of ether oxygens (including phenoxy) is 1. The zero-order chi connectivity index (χ0) is 10.4. The van der Waals surface area contributed by atoms with Gasteiger partial charge in [0.15, 0.2) is 0 Å². The minimum absolute atomic E-state index is 0.378. The van der Waals surface area contributed by atoms with Crippen LogP contribution in [0.4, 0.5) is 4.79 Å². The first-order chi connectivity index (χ1) is 6.70. The highest BCUT2D eigenvalue weighted by atomic mass is 16.5. The minimum Gasteiger partial charge on any atom is -0.418 e. The predicted octanol–water partition coefficient (Wildman–Crippen LogP) is 2.36. The SMILES string of the molecule is CN(C)C(=O)O/C=C/c1ccccc1. The Kier molecular flexibility index (Phi) is 3.73. The zero-order valence-corrected chi connectivity index (χ0v) is 8.31. The molecular formula is C11H13NO2. The number of benzene rings is 1. The molecule has 1 aromatic rings. The van der Waals surface area contributed by atoms with Crippen molar-refractivity contribution < 1.29 is 9.53 Å². The molecule has 14 heavy (non-hydrogen) atoms. The second-order valence-corrected chi connectivity index (χ2v) is 2.99. The largest absolute Gasteiger partial charge is 0.418 e. The van der Waals surface area contributed by atoms with Crippen LogP contribution in [0, 0.1) is 0 Å². The van der Waals surface area contributed by atoms with Gasteiger partial charge >= 0.3 is 6.09 Å². The highest BCUT2D eigenvalue weighted by molar-refractivity contribution is 5.68. The van der Waals surface area contributed by atoms with E-state index >= 15 is 0 Å². The van der Waals surface area contributed by atoms with Crippen molar-refractivity contribution in [2.24, 2.45) is 0 Å². The highest BCUT2D eigenvalue weighted by Crippen LogP contribution is 2.01. The van der Waals surface area contributed by atoms with Gasteiger partial charge in [-0.3, -0.25) is 0 Å². The highest BCUT2D eigenvalue weighted by Gasteiger charge is 2.00. The van der Waals surface area contributed by atoms with Crippen LogP contribution in [0.5, 0.6) is 0 Å². The normalized spacial score (nSPS) is 10.1. The monoisotopic (exact) mass is 191 g/mol. The molecule has 3 nitrogen and oxygen atoms in total. The molecule has 0 bridgehead atoms. The van der Waals surface area contributed by atoms with Crippen LogP contribution in [0.3, 0.4) is 0 Å². The Morgan fingerprint density at radius 1 is 1.29 bits per heavy atom. The van der Waals surface area contributed by atoms with Gasteiger partial charge in [-0.05, 0) is 11.6 Å². The van der Waals surface area contributed by atoms with Crippen molar-refractivity contribution in [2.45, 2.75) is 0 Å². The van der Waals surface area contributed by atoms with Crippen molar-refractivity contribution in [3.63, 3.8) is 0 Å². The first-order valence-corrected chi connectivity index (χ1v) is 4.29. The maximum atomic E-state index is 11.0. The molecule has 0 unspecified atom stereocenters. The zero-order valence-electron chi connectivity index (χ0n) is 8.31. The van der Waals surface area contributed by atoms with Gasteiger partial charge in [0.1, 0.15) is 0 Å². The van der Waals surface area contributed by atoms with Gasteiger partial charge in [0.25, 0.3) is 0 Å². The Bertz CT molecular complexity index is 317. The molecule has 0 aliphatic rings. The van der Waals surface area contributed by atoms with Crippen molar-refractivity contribution in [2.75, 3.05) is 14.1 Å². The molecule has 0 radical (unpaired) electrons. The lowest BCUT2D eigenvalue weighted by Crippen LogP contribution is -2.20. The summed E-state index contributed by atoms with van der Waals surface area (Å²) in [7, 11) is 3.28. The van der Waals surface area contributed by atoms with Crippen molar-refractivity contribution in [3.8, 4) is 0 Å². The Balaban J connectivity index is 2.46. The van der Waals surface area contributed by atoms with Crippen molar-refractivity contribution in [1.82, 2.24) is 4.90 Å². The van der Waals surface area contributed by atoms with E-state index < -0.39 is 0 Å². The summed E-state index contributed by atoms with van der Waals surface area (Å²) < 4.78 is 4.81. The van der Waals surface area contributed by atoms with Gasteiger partial charge in [0.2, 0.25) is 0 Å². The molecule has 74 valence electrons. The fourth-order valence-corrected chi connectivity index (χ4v) is 0.840. The van der Waals surface area contributed by atoms with E-state index in [-0.39, 0.29) is 6.09 Å². The van der Waals surface area contributed by atoms with Gasteiger partial charge in [-0.1, -0.05) is 30.3 Å². The second-order valence-electron chi connectivity index (χ2n) is 2.99. The number of carbonyl (C=O) groups is 1. The van der Waals surface area contributed by atoms with E-state index in [4.69, 9.17) is 4.74 Å². The first kappa shape index (κ1) is 10.3. The maximum Gasteiger partial charge on any atom is 0.414 e. The van der Waals surface area contributed by atoms with Crippen LogP contribution in [0.15, 0.2) is 36.6 Å². The van der Waals surface area contributed by atoms with Crippen LogP contribution < -0.4 is 0 Å². The van der Waals surface area contributed by atoms with E-state index in [1.54, 1.807) is 20.2 Å². The minimum atomic E-state index is -0.378. The first-order valence-electron chi connectivity index (χ1n) is 4.29. The molecule has 1 aromatic carbocycles. The molecule has 0 spiro atoms. The van der Waals surface area contributed by atoms with E-state index in [0.717, 1.165) is 5.56 Å². The Hall–Kier alpha value is -1.77. The molecule has 1 amide bonds. The summed E-state index contributed by atoms with van der Waals surface area (Å²) in [4.78, 5) is 12.4. The van der Waals surface area contributed by atoms with Crippen LogP contribution in [-0.4, -0.2) is 25.1 Å². The molecule has 0 saturated carbocycles. The number of hydrogen-bond acceptors (Lipinski definition) is 2. The standard InChI is InChI=1S/C11H13NO2/c1-12(2)11(13)14-9-8-10-6-4-3-5-7-10/h3-9H,1-2H3/b9-8+. The number of hydrogen-bond donors (Lipinski definition) is 0. The van der Waals surface area contributed by atoms with Crippen molar-refractivity contribution in [1.29, 1.82) is 0 Å². The number of carbonyl (C=O) groups excluding carboxylic acids is 1. The van der Waals surface area contributed by atoms with Gasteiger partial charge < -0.3 is 9.64 Å². The predicted molar refractivity (Wildman–Crippen MR) is 55.6 cm³/mol. The molecular weight excluding hydrogens is 178 g/mol. The van der Waals surface area contributed by atoms with Gasteiger partial charge in [-0.15, -0.1) is 0 Å². The molecule has 0 saturated heterocycles. The second kappa shape index (κ2) is 5.07. The Labute approximate surface area is 83.6 Å². The molecule has 0 atom stereocenters. The fraction of sp³-hybridized carbons (Fsp3) is 0.182. The summed E-state index contributed by atoms with van der Waals surface area (Å²) in [5.74, 6) is 0. The van der Waals surface area contributed by atoms with Gasteiger partial charge in [-0.25, -0.2) is 4.79 Å². The third-order valence-electron chi connectivity index (χ3n) is 1.59. The van der Waals surface area contributed by atoms with E-state index in [2.05, 4.69) is 0 Å². The van der Waals surface area contributed by atoms with E-state index in [1.165, 1.54) is 11.2 Å². The lowest BCUT2D eigenvalue weighted by Gasteiger charge is -2.06. The molecule has 0 fully saturated rings. The van der Waals surface area contributed by atoms with E-state index in [9.17, 15) is 4.79 Å². The lowest BCUT2D eigenvalue weighted by atomic mass is 10.2. The molecule has 0 heterocycles. The third-order valence-corrected chi connectivity index (χ3v) is 1.59. The Morgan fingerprint density at radius 3 is 2.50 bits per heavy atom. The van der Waals surface area contributed by atoms with Gasteiger partial charge in [0, 0.05) is 14.1 Å². The number of nitrogens with zero attached hydrogens (tertiary/aromatic N) is 1. The van der Waals surface area contributed by atoms with Crippen LogP contribution >= 0.6 is 0 Å². The topological polar surface area (TPSA) is 29.5 Å². The molecule has 3 heteroatoms. The van der Waals surface area contributed by atoms with E-state index in [0.29, 0.717) is 0 Å². The van der Waals surface area contributed by atoms with Gasteiger partial charge in [-0.2, -0.15) is 0 Å². The summed E-state index contributed by atoms with van der Waals surface area (Å²) in [6.45, 7) is 0. The quantitative estimate of drug-likeness (QED) is 0.671. The van der Waals surface area contributed by atoms with Crippen LogP contribution in [0.1, 0.15) is 5.56 Å².